The fourth-order valence-corrected chi connectivity index (χ4v) is 3.40. The first-order valence-electron chi connectivity index (χ1n) is 8.15. The quantitative estimate of drug-likeness (QED) is 0.874. The highest BCUT2D eigenvalue weighted by molar-refractivity contribution is 6.16. The Labute approximate surface area is 144 Å². The van der Waals surface area contributed by atoms with Crippen LogP contribution in [0.5, 0.6) is 0 Å². The molecule has 2 heterocycles. The zero-order valence-corrected chi connectivity index (χ0v) is 13.7. The summed E-state index contributed by atoms with van der Waals surface area (Å²) in [5.41, 5.74) is 4.76. The van der Waals surface area contributed by atoms with E-state index in [1.165, 1.54) is 0 Å². The van der Waals surface area contributed by atoms with Gasteiger partial charge in [-0.1, -0.05) is 12.1 Å². The van der Waals surface area contributed by atoms with Crippen molar-refractivity contribution < 1.29 is 14.7 Å². The first kappa shape index (κ1) is 15.4. The predicted molar refractivity (Wildman–Crippen MR) is 94.7 cm³/mol. The second kappa shape index (κ2) is 5.72. The van der Waals surface area contributed by atoms with Gasteiger partial charge < -0.3 is 10.0 Å². The Bertz CT molecular complexity index is 952. The fourth-order valence-electron chi connectivity index (χ4n) is 3.40. The van der Waals surface area contributed by atoms with Gasteiger partial charge in [-0.05, 0) is 48.6 Å². The molecular weight excluding hydrogens is 316 g/mol. The Morgan fingerprint density at radius 1 is 1.20 bits per heavy atom. The third-order valence-corrected chi connectivity index (χ3v) is 4.76. The van der Waals surface area contributed by atoms with E-state index in [0.29, 0.717) is 5.56 Å². The molecule has 0 radical (unpaired) electrons. The average molecular weight is 332 g/mol. The van der Waals surface area contributed by atoms with Crippen molar-refractivity contribution in [3.05, 3.63) is 59.6 Å². The molecule has 0 spiro atoms. The van der Waals surface area contributed by atoms with Gasteiger partial charge in [0, 0.05) is 30.2 Å². The van der Waals surface area contributed by atoms with Gasteiger partial charge in [0.2, 0.25) is 0 Å². The van der Waals surface area contributed by atoms with Crippen LogP contribution in [0.2, 0.25) is 0 Å². The molecule has 5 heteroatoms. The van der Waals surface area contributed by atoms with Gasteiger partial charge in [-0.15, -0.1) is 0 Å². The van der Waals surface area contributed by atoms with Crippen LogP contribution in [-0.2, 0) is 9.59 Å². The molecule has 4 rings (SSSR count). The van der Waals surface area contributed by atoms with Crippen LogP contribution in [0, 0.1) is 6.92 Å². The lowest BCUT2D eigenvalue weighted by molar-refractivity contribution is -0.132. The highest BCUT2D eigenvalue weighted by Gasteiger charge is 2.36. The summed E-state index contributed by atoms with van der Waals surface area (Å²) in [6.45, 7) is 2.01. The van der Waals surface area contributed by atoms with Gasteiger partial charge in [0.15, 0.2) is 0 Å². The summed E-state index contributed by atoms with van der Waals surface area (Å²) >= 11 is 0. The van der Waals surface area contributed by atoms with E-state index in [-0.39, 0.29) is 17.2 Å². The van der Waals surface area contributed by atoms with E-state index in [9.17, 15) is 14.7 Å². The van der Waals surface area contributed by atoms with E-state index < -0.39 is 5.97 Å². The van der Waals surface area contributed by atoms with E-state index in [2.05, 4.69) is 4.98 Å². The molecule has 1 saturated carbocycles. The lowest BCUT2D eigenvalue weighted by atomic mass is 9.88. The standard InChI is InChI=1S/C20H16N2O3/c1-12-15(13-6-8-21-9-7-13)4-5-16-18(11-23)17(20(24)25)10-22(19(12)16)14-2-3-14/h4-10,14H,2-3H2,1H3,(H,24,25). The Morgan fingerprint density at radius 3 is 2.48 bits per heavy atom. The third kappa shape index (κ3) is 2.46. The number of carbonyl (C=O) groups is 1. The molecule has 1 aliphatic heterocycles. The number of rotatable bonds is 3. The summed E-state index contributed by atoms with van der Waals surface area (Å²) in [6, 6.07) is 7.91. The molecule has 25 heavy (non-hydrogen) atoms. The van der Waals surface area contributed by atoms with Crippen molar-refractivity contribution in [2.75, 3.05) is 4.90 Å². The molecule has 0 bridgehead atoms. The van der Waals surface area contributed by atoms with Gasteiger partial charge in [0.25, 0.3) is 0 Å². The second-order valence-electron chi connectivity index (χ2n) is 6.33. The van der Waals surface area contributed by atoms with Crippen molar-refractivity contribution >= 4 is 23.2 Å². The van der Waals surface area contributed by atoms with Crippen molar-refractivity contribution in [3.8, 4) is 11.1 Å². The van der Waals surface area contributed by atoms with E-state index >= 15 is 0 Å². The van der Waals surface area contributed by atoms with Crippen molar-refractivity contribution in [1.29, 1.82) is 0 Å². The van der Waals surface area contributed by atoms with E-state index in [1.807, 2.05) is 42.0 Å². The molecule has 1 N–H and O–H groups in total. The van der Waals surface area contributed by atoms with E-state index in [4.69, 9.17) is 0 Å². The number of carboxylic acid groups (broad SMARTS) is 1. The van der Waals surface area contributed by atoms with Gasteiger partial charge in [-0.3, -0.25) is 4.98 Å². The van der Waals surface area contributed by atoms with Crippen molar-refractivity contribution in [3.63, 3.8) is 0 Å². The van der Waals surface area contributed by atoms with Crippen molar-refractivity contribution in [1.82, 2.24) is 4.98 Å². The maximum absolute atomic E-state index is 11.6. The van der Waals surface area contributed by atoms with Crippen LogP contribution in [0.4, 0.5) is 5.69 Å². The van der Waals surface area contributed by atoms with Crippen LogP contribution in [0.1, 0.15) is 24.0 Å². The van der Waals surface area contributed by atoms with Gasteiger partial charge in [-0.2, -0.15) is 0 Å². The van der Waals surface area contributed by atoms with Crippen molar-refractivity contribution in [2.24, 2.45) is 0 Å². The van der Waals surface area contributed by atoms with Crippen LogP contribution in [0.15, 0.2) is 48.4 Å². The largest absolute Gasteiger partial charge is 0.478 e. The van der Waals surface area contributed by atoms with Gasteiger partial charge in [-0.25, -0.2) is 9.59 Å². The molecule has 0 atom stereocenters. The summed E-state index contributed by atoms with van der Waals surface area (Å²) in [6.07, 6.45) is 7.10. The molecule has 5 nitrogen and oxygen atoms in total. The van der Waals surface area contributed by atoms with Crippen LogP contribution in [0.25, 0.3) is 16.7 Å². The summed E-state index contributed by atoms with van der Waals surface area (Å²) in [5, 5.41) is 9.49. The molecule has 0 unspecified atom stereocenters. The summed E-state index contributed by atoms with van der Waals surface area (Å²) in [4.78, 5) is 29.2. The lowest BCUT2D eigenvalue weighted by Gasteiger charge is -2.31. The number of carbonyl (C=O) groups excluding carboxylic acids is 1. The minimum absolute atomic E-state index is 0.00506. The molecular formula is C20H16N2O3. The number of aliphatic carboxylic acids is 1. The number of nitrogens with zero attached hydrogens (tertiary/aromatic N) is 2. The highest BCUT2D eigenvalue weighted by Crippen LogP contribution is 2.45. The summed E-state index contributed by atoms with van der Waals surface area (Å²) in [7, 11) is 0. The second-order valence-corrected chi connectivity index (χ2v) is 6.33. The SMILES string of the molecule is Cc1c(-c2ccncc2)ccc2c1N(C1CC1)C=C(C(=O)O)C2=C=O. The number of hydrogen-bond donors (Lipinski definition) is 1. The molecule has 1 aromatic heterocycles. The molecule has 1 aromatic carbocycles. The maximum Gasteiger partial charge on any atom is 0.338 e. The molecule has 2 aromatic rings. The number of aromatic nitrogens is 1. The van der Waals surface area contributed by atoms with Crippen LogP contribution >= 0.6 is 0 Å². The number of pyridine rings is 1. The molecule has 1 aliphatic carbocycles. The normalized spacial score (nSPS) is 16.1. The maximum atomic E-state index is 11.6. The zero-order valence-electron chi connectivity index (χ0n) is 13.7. The number of carboxylic acids is 1. The minimum atomic E-state index is -1.11. The van der Waals surface area contributed by atoms with Crippen molar-refractivity contribution in [2.45, 2.75) is 25.8 Å². The Kier molecular flexibility index (Phi) is 3.52. The first-order chi connectivity index (χ1) is 12.1. The minimum Gasteiger partial charge on any atom is -0.478 e. The Balaban J connectivity index is 1.96. The van der Waals surface area contributed by atoms with Crippen LogP contribution in [0.3, 0.4) is 0 Å². The third-order valence-electron chi connectivity index (χ3n) is 4.76. The number of anilines is 1. The average Bonchev–Trinajstić information content (AvgIpc) is 3.46. The summed E-state index contributed by atoms with van der Waals surface area (Å²) in [5.74, 6) is 0.733. The van der Waals surface area contributed by atoms with E-state index in [0.717, 1.165) is 35.2 Å². The number of hydrogen-bond acceptors (Lipinski definition) is 4. The van der Waals surface area contributed by atoms with E-state index in [1.54, 1.807) is 18.6 Å². The highest BCUT2D eigenvalue weighted by atomic mass is 16.4. The molecule has 0 amide bonds. The number of fused-ring (bicyclic) bond motifs is 1. The van der Waals surface area contributed by atoms with Gasteiger partial charge in [0.1, 0.15) is 5.94 Å². The fraction of sp³-hybridized carbons (Fsp3) is 0.200. The molecule has 1 fully saturated rings. The predicted octanol–water partition coefficient (Wildman–Crippen LogP) is 3.22. The van der Waals surface area contributed by atoms with Crippen LogP contribution < -0.4 is 4.90 Å². The molecule has 124 valence electrons. The monoisotopic (exact) mass is 332 g/mol. The number of benzene rings is 1. The Hall–Kier alpha value is -3.17. The molecule has 2 aliphatic rings. The van der Waals surface area contributed by atoms with Gasteiger partial charge in [0.05, 0.1) is 16.8 Å². The first-order valence-corrected chi connectivity index (χ1v) is 8.15. The Morgan fingerprint density at radius 2 is 1.88 bits per heavy atom. The zero-order chi connectivity index (χ0) is 17.6. The van der Waals surface area contributed by atoms with Gasteiger partial charge >= 0.3 is 5.97 Å². The van der Waals surface area contributed by atoms with Crippen LogP contribution in [-0.4, -0.2) is 28.0 Å². The lowest BCUT2D eigenvalue weighted by Crippen LogP contribution is -2.27. The topological polar surface area (TPSA) is 70.5 Å². The molecule has 0 saturated heterocycles. The smallest absolute Gasteiger partial charge is 0.338 e. The summed E-state index contributed by atoms with van der Waals surface area (Å²) < 4.78 is 0.